The summed E-state index contributed by atoms with van der Waals surface area (Å²) in [5, 5.41) is 2.57. The van der Waals surface area contributed by atoms with Gasteiger partial charge in [-0.15, -0.1) is 0 Å². The Morgan fingerprint density at radius 1 is 0.759 bits per heavy atom. The zero-order valence-electron chi connectivity index (χ0n) is 17.1. The summed E-state index contributed by atoms with van der Waals surface area (Å²) in [5.74, 6) is 0. The molecule has 0 spiro atoms. The Kier molecular flexibility index (Phi) is 4.69. The molecule has 0 unspecified atom stereocenters. The maximum atomic E-state index is 5.59. The summed E-state index contributed by atoms with van der Waals surface area (Å²) in [5.41, 5.74) is 9.18. The van der Waals surface area contributed by atoms with Gasteiger partial charge in [-0.3, -0.25) is 0 Å². The lowest BCUT2D eigenvalue weighted by molar-refractivity contribution is -0.0527. The van der Waals surface area contributed by atoms with E-state index >= 15 is 0 Å². The van der Waals surface area contributed by atoms with Crippen molar-refractivity contribution in [3.8, 4) is 22.3 Å². The van der Waals surface area contributed by atoms with Gasteiger partial charge in [0, 0.05) is 6.42 Å². The second-order valence-electron chi connectivity index (χ2n) is 8.06. The Morgan fingerprint density at radius 2 is 1.41 bits per heavy atom. The monoisotopic (exact) mass is 378 g/mol. The topological polar surface area (TPSA) is 9.23 Å². The fourth-order valence-electron chi connectivity index (χ4n) is 4.28. The smallest absolute Gasteiger partial charge is 0.0846 e. The minimum Gasteiger partial charge on any atom is -0.373 e. The molecule has 0 saturated carbocycles. The SMILES string of the molecule is CCc1cc(C)ccc1-c1ccc2cc(-c3ccc([C@@H]4CCO4)cc3)ccc2c1. The molecule has 0 aliphatic carbocycles. The van der Waals surface area contributed by atoms with Gasteiger partial charge in [-0.25, -0.2) is 0 Å². The molecule has 1 saturated heterocycles. The lowest BCUT2D eigenvalue weighted by atomic mass is 9.93. The first-order valence-electron chi connectivity index (χ1n) is 10.6. The highest BCUT2D eigenvalue weighted by Gasteiger charge is 2.19. The van der Waals surface area contributed by atoms with Crippen LogP contribution < -0.4 is 0 Å². The molecule has 0 aromatic heterocycles. The highest BCUT2D eigenvalue weighted by atomic mass is 16.5. The number of aryl methyl sites for hydroxylation is 2. The van der Waals surface area contributed by atoms with Crippen molar-refractivity contribution in [3.63, 3.8) is 0 Å². The Hall–Kier alpha value is -2.90. The average Bonchev–Trinajstić information content (AvgIpc) is 2.72. The van der Waals surface area contributed by atoms with E-state index in [1.165, 1.54) is 49.7 Å². The molecule has 0 bridgehead atoms. The van der Waals surface area contributed by atoms with Gasteiger partial charge in [0.2, 0.25) is 0 Å². The van der Waals surface area contributed by atoms with Crippen LogP contribution in [0.4, 0.5) is 0 Å². The average molecular weight is 379 g/mol. The molecular weight excluding hydrogens is 352 g/mol. The first-order chi connectivity index (χ1) is 14.2. The van der Waals surface area contributed by atoms with E-state index < -0.39 is 0 Å². The second-order valence-corrected chi connectivity index (χ2v) is 8.06. The third-order valence-electron chi connectivity index (χ3n) is 6.11. The van der Waals surface area contributed by atoms with Gasteiger partial charge in [0.25, 0.3) is 0 Å². The summed E-state index contributed by atoms with van der Waals surface area (Å²) in [6.45, 7) is 5.28. The Morgan fingerprint density at radius 3 is 2.07 bits per heavy atom. The van der Waals surface area contributed by atoms with E-state index in [1.807, 2.05) is 0 Å². The molecular formula is C28H26O. The quantitative estimate of drug-likeness (QED) is 0.357. The van der Waals surface area contributed by atoms with Crippen LogP contribution in [0.3, 0.4) is 0 Å². The van der Waals surface area contributed by atoms with Crippen LogP contribution in [0.2, 0.25) is 0 Å². The third-order valence-corrected chi connectivity index (χ3v) is 6.11. The molecule has 4 aromatic carbocycles. The molecule has 1 fully saturated rings. The summed E-state index contributed by atoms with van der Waals surface area (Å²) in [6.07, 6.45) is 2.49. The predicted molar refractivity (Wildman–Crippen MR) is 122 cm³/mol. The summed E-state index contributed by atoms with van der Waals surface area (Å²) in [7, 11) is 0. The van der Waals surface area contributed by atoms with Crippen LogP contribution in [-0.4, -0.2) is 6.61 Å². The van der Waals surface area contributed by atoms with Crippen molar-refractivity contribution in [2.75, 3.05) is 6.61 Å². The van der Waals surface area contributed by atoms with E-state index in [1.54, 1.807) is 0 Å². The molecule has 5 rings (SSSR count). The van der Waals surface area contributed by atoms with Crippen LogP contribution in [0.15, 0.2) is 78.9 Å². The van der Waals surface area contributed by atoms with Crippen LogP contribution in [0.5, 0.6) is 0 Å². The zero-order valence-corrected chi connectivity index (χ0v) is 17.1. The van der Waals surface area contributed by atoms with E-state index in [-0.39, 0.29) is 0 Å². The highest BCUT2D eigenvalue weighted by molar-refractivity contribution is 5.91. The van der Waals surface area contributed by atoms with Crippen LogP contribution in [0, 0.1) is 6.92 Å². The molecule has 0 N–H and O–H groups in total. The Balaban J connectivity index is 1.48. The maximum Gasteiger partial charge on any atom is 0.0846 e. The van der Waals surface area contributed by atoms with Crippen LogP contribution in [-0.2, 0) is 11.2 Å². The van der Waals surface area contributed by atoms with Crippen LogP contribution in [0.25, 0.3) is 33.0 Å². The van der Waals surface area contributed by atoms with Crippen molar-refractivity contribution in [1.82, 2.24) is 0 Å². The van der Waals surface area contributed by atoms with Gasteiger partial charge in [-0.05, 0) is 69.6 Å². The van der Waals surface area contributed by atoms with Crippen molar-refractivity contribution in [2.45, 2.75) is 32.8 Å². The van der Waals surface area contributed by atoms with Gasteiger partial charge < -0.3 is 4.74 Å². The number of fused-ring (bicyclic) bond motifs is 1. The first-order valence-corrected chi connectivity index (χ1v) is 10.6. The largest absolute Gasteiger partial charge is 0.373 e. The van der Waals surface area contributed by atoms with E-state index in [2.05, 4.69) is 92.7 Å². The highest BCUT2D eigenvalue weighted by Crippen LogP contribution is 2.33. The number of ether oxygens (including phenoxy) is 1. The molecule has 0 amide bonds. The molecule has 1 aliphatic heterocycles. The molecule has 29 heavy (non-hydrogen) atoms. The third kappa shape index (κ3) is 3.47. The van der Waals surface area contributed by atoms with E-state index in [9.17, 15) is 0 Å². The van der Waals surface area contributed by atoms with Crippen molar-refractivity contribution >= 4 is 10.8 Å². The molecule has 1 heteroatoms. The molecule has 1 heterocycles. The summed E-state index contributed by atoms with van der Waals surface area (Å²) < 4.78 is 5.59. The van der Waals surface area contributed by atoms with Crippen LogP contribution >= 0.6 is 0 Å². The number of rotatable bonds is 4. The van der Waals surface area contributed by atoms with E-state index in [0.29, 0.717) is 6.10 Å². The molecule has 1 nitrogen and oxygen atoms in total. The molecule has 1 aliphatic rings. The second kappa shape index (κ2) is 7.50. The minimum atomic E-state index is 0.300. The fraction of sp³-hybridized carbons (Fsp3) is 0.214. The van der Waals surface area contributed by atoms with Crippen LogP contribution in [0.1, 0.15) is 36.1 Å². The maximum absolute atomic E-state index is 5.59. The summed E-state index contributed by atoms with van der Waals surface area (Å²) in [4.78, 5) is 0. The number of hydrogen-bond acceptors (Lipinski definition) is 1. The van der Waals surface area contributed by atoms with Crippen molar-refractivity contribution in [3.05, 3.63) is 95.6 Å². The molecule has 1 atom stereocenters. The van der Waals surface area contributed by atoms with E-state index in [4.69, 9.17) is 4.74 Å². The van der Waals surface area contributed by atoms with Gasteiger partial charge in [-0.2, -0.15) is 0 Å². The lowest BCUT2D eigenvalue weighted by Crippen LogP contribution is -2.17. The van der Waals surface area contributed by atoms with Crippen molar-refractivity contribution < 1.29 is 4.74 Å². The fourth-order valence-corrected chi connectivity index (χ4v) is 4.28. The molecule has 0 radical (unpaired) electrons. The standard InChI is InChI=1S/C28H26O/c1-3-20-16-19(2)4-13-27(20)26-12-11-24-17-23(9-10-25(24)18-26)21-5-7-22(8-6-21)28-14-15-29-28/h4-13,16-18,28H,3,14-15H2,1-2H3/t28-/m0/s1. The van der Waals surface area contributed by atoms with Gasteiger partial charge in [0.15, 0.2) is 0 Å². The molecule has 4 aromatic rings. The number of benzene rings is 4. The van der Waals surface area contributed by atoms with Crippen molar-refractivity contribution in [1.29, 1.82) is 0 Å². The van der Waals surface area contributed by atoms with Gasteiger partial charge >= 0.3 is 0 Å². The Bertz CT molecular complexity index is 1170. The molecule has 144 valence electrons. The zero-order chi connectivity index (χ0) is 19.8. The lowest BCUT2D eigenvalue weighted by Gasteiger charge is -2.26. The van der Waals surface area contributed by atoms with Gasteiger partial charge in [-0.1, -0.05) is 79.2 Å². The number of hydrogen-bond donors (Lipinski definition) is 0. The van der Waals surface area contributed by atoms with E-state index in [0.717, 1.165) is 19.4 Å². The summed E-state index contributed by atoms with van der Waals surface area (Å²) in [6, 6.07) is 29.2. The normalized spacial score (nSPS) is 16.0. The van der Waals surface area contributed by atoms with Gasteiger partial charge in [0.05, 0.1) is 12.7 Å². The predicted octanol–water partition coefficient (Wildman–Crippen LogP) is 7.51. The summed E-state index contributed by atoms with van der Waals surface area (Å²) >= 11 is 0. The van der Waals surface area contributed by atoms with Gasteiger partial charge in [0.1, 0.15) is 0 Å². The first kappa shape index (κ1) is 18.1. The van der Waals surface area contributed by atoms with Crippen molar-refractivity contribution in [2.24, 2.45) is 0 Å². The Labute approximate surface area is 173 Å². The minimum absolute atomic E-state index is 0.300.